The minimum absolute atomic E-state index is 0.147. The number of unbranched alkanes of at least 4 members (excludes halogenated alkanes) is 4. The molecule has 0 spiro atoms. The summed E-state index contributed by atoms with van der Waals surface area (Å²) in [5.74, 6) is -1.13. The van der Waals surface area contributed by atoms with E-state index in [-0.39, 0.29) is 31.0 Å². The maximum absolute atomic E-state index is 11.6. The van der Waals surface area contributed by atoms with Crippen molar-refractivity contribution in [3.05, 3.63) is 11.8 Å². The van der Waals surface area contributed by atoms with Gasteiger partial charge in [0.1, 0.15) is 5.76 Å². The minimum atomic E-state index is -0.941. The average molecular weight is 466 g/mol. The maximum Gasteiger partial charge on any atom is 0.303 e. The van der Waals surface area contributed by atoms with Crippen molar-refractivity contribution in [2.24, 2.45) is 11.8 Å². The lowest BCUT2D eigenvalue weighted by atomic mass is 9.88. The number of aliphatic hydroxyl groups is 1. The highest BCUT2D eigenvalue weighted by Gasteiger charge is 2.48. The molecule has 1 aliphatic carbocycles. The van der Waals surface area contributed by atoms with Crippen molar-refractivity contribution >= 4 is 5.97 Å². The highest BCUT2D eigenvalue weighted by atomic mass is 16.7. The van der Waals surface area contributed by atoms with Crippen LogP contribution in [-0.4, -0.2) is 54.2 Å². The number of nitriles is 1. The molecule has 3 aliphatic rings. The van der Waals surface area contributed by atoms with Gasteiger partial charge in [0.2, 0.25) is 0 Å². The Bertz CT molecular complexity index is 664. The fourth-order valence-electron chi connectivity index (χ4n) is 5.08. The summed E-state index contributed by atoms with van der Waals surface area (Å²) in [7, 11) is 0. The Hall–Kier alpha value is -1.66. The van der Waals surface area contributed by atoms with Crippen molar-refractivity contribution in [1.82, 2.24) is 0 Å². The van der Waals surface area contributed by atoms with Crippen LogP contribution in [0.4, 0.5) is 0 Å². The number of hydrogen-bond donors (Lipinski definition) is 2. The molecular weight excluding hydrogens is 426 g/mol. The monoisotopic (exact) mass is 465 g/mol. The molecule has 1 saturated carbocycles. The van der Waals surface area contributed by atoms with Crippen LogP contribution in [0.1, 0.15) is 83.5 Å². The molecule has 8 heteroatoms. The predicted octanol–water partition coefficient (Wildman–Crippen LogP) is 4.27. The minimum Gasteiger partial charge on any atom is -0.481 e. The van der Waals surface area contributed by atoms with Crippen LogP contribution in [-0.2, 0) is 23.7 Å². The molecule has 0 aromatic heterocycles. The van der Waals surface area contributed by atoms with Crippen molar-refractivity contribution in [3.63, 3.8) is 0 Å². The van der Waals surface area contributed by atoms with Crippen LogP contribution in [0.5, 0.6) is 0 Å². The Morgan fingerprint density at radius 3 is 2.42 bits per heavy atom. The lowest BCUT2D eigenvalue weighted by molar-refractivity contribution is -0.201. The van der Waals surface area contributed by atoms with Gasteiger partial charge in [-0.3, -0.25) is 4.79 Å². The third-order valence-corrected chi connectivity index (χ3v) is 6.78. The molecule has 2 N–H and O–H groups in total. The first-order chi connectivity index (χ1) is 16.1. The zero-order chi connectivity index (χ0) is 23.5. The van der Waals surface area contributed by atoms with Gasteiger partial charge in [0, 0.05) is 37.7 Å². The van der Waals surface area contributed by atoms with Crippen molar-refractivity contribution in [2.75, 3.05) is 13.2 Å². The largest absolute Gasteiger partial charge is 0.481 e. The summed E-state index contributed by atoms with van der Waals surface area (Å²) in [6.45, 7) is 1.30. The normalized spacial score (nSPS) is 32.9. The second kappa shape index (κ2) is 13.9. The number of rotatable bonds is 12. The lowest BCUT2D eigenvalue weighted by Gasteiger charge is -2.33. The Labute approximate surface area is 196 Å². The predicted molar refractivity (Wildman–Crippen MR) is 120 cm³/mol. The molecule has 3 fully saturated rings. The third kappa shape index (κ3) is 8.25. The summed E-state index contributed by atoms with van der Waals surface area (Å²) < 4.78 is 24.2. The summed E-state index contributed by atoms with van der Waals surface area (Å²) in [5, 5.41) is 29.1. The molecule has 186 valence electrons. The highest BCUT2D eigenvalue weighted by Crippen LogP contribution is 2.43. The van der Waals surface area contributed by atoms with Gasteiger partial charge in [-0.15, -0.1) is 0 Å². The van der Waals surface area contributed by atoms with Gasteiger partial charge in [0.15, 0.2) is 12.6 Å². The van der Waals surface area contributed by atoms with E-state index in [2.05, 4.69) is 6.07 Å². The van der Waals surface area contributed by atoms with Crippen molar-refractivity contribution in [2.45, 2.75) is 108 Å². The number of aliphatic hydroxyl groups excluding tert-OH is 1. The first-order valence-corrected chi connectivity index (χ1v) is 12.6. The zero-order valence-electron chi connectivity index (χ0n) is 19.5. The van der Waals surface area contributed by atoms with E-state index in [0.29, 0.717) is 31.8 Å². The molecular formula is C25H39NO7. The molecule has 0 aromatic rings. The van der Waals surface area contributed by atoms with Gasteiger partial charge >= 0.3 is 5.97 Å². The number of carbonyl (C=O) groups is 1. The van der Waals surface area contributed by atoms with Gasteiger partial charge in [-0.05, 0) is 57.4 Å². The molecule has 0 bridgehead atoms. The van der Waals surface area contributed by atoms with Crippen molar-refractivity contribution < 1.29 is 34.0 Å². The van der Waals surface area contributed by atoms with Gasteiger partial charge in [-0.2, -0.15) is 5.26 Å². The maximum atomic E-state index is 11.6. The summed E-state index contributed by atoms with van der Waals surface area (Å²) in [5.41, 5.74) is 0. The van der Waals surface area contributed by atoms with Gasteiger partial charge in [0.05, 0.1) is 31.3 Å². The van der Waals surface area contributed by atoms with Crippen molar-refractivity contribution in [1.29, 1.82) is 5.26 Å². The molecule has 8 nitrogen and oxygen atoms in total. The summed E-state index contributed by atoms with van der Waals surface area (Å²) >= 11 is 0. The molecule has 2 unspecified atom stereocenters. The number of hydrogen-bond acceptors (Lipinski definition) is 7. The van der Waals surface area contributed by atoms with E-state index in [1.54, 1.807) is 0 Å². The smallest absolute Gasteiger partial charge is 0.303 e. The van der Waals surface area contributed by atoms with E-state index < -0.39 is 18.0 Å². The summed E-state index contributed by atoms with van der Waals surface area (Å²) in [6.07, 6.45) is 10.1. The van der Waals surface area contributed by atoms with Crippen LogP contribution < -0.4 is 0 Å². The molecule has 3 rings (SSSR count). The average Bonchev–Trinajstić information content (AvgIpc) is 3.10. The van der Waals surface area contributed by atoms with E-state index in [4.69, 9.17) is 24.2 Å². The Balaban J connectivity index is 1.77. The van der Waals surface area contributed by atoms with E-state index in [0.717, 1.165) is 64.2 Å². The molecule has 2 aliphatic heterocycles. The van der Waals surface area contributed by atoms with Gasteiger partial charge < -0.3 is 29.2 Å². The van der Waals surface area contributed by atoms with Crippen LogP contribution in [0.3, 0.4) is 0 Å². The van der Waals surface area contributed by atoms with Crippen LogP contribution in [0.2, 0.25) is 0 Å². The topological polar surface area (TPSA) is 118 Å². The van der Waals surface area contributed by atoms with E-state index >= 15 is 0 Å². The quantitative estimate of drug-likeness (QED) is 0.324. The molecule has 2 heterocycles. The number of aliphatic carboxylic acids is 1. The van der Waals surface area contributed by atoms with E-state index in [1.807, 2.05) is 6.08 Å². The molecule has 2 saturated heterocycles. The number of allylic oxidation sites excluding steroid dienone is 1. The van der Waals surface area contributed by atoms with Crippen molar-refractivity contribution in [3.8, 4) is 6.07 Å². The van der Waals surface area contributed by atoms with Crippen LogP contribution in [0, 0.1) is 23.2 Å². The second-order valence-electron chi connectivity index (χ2n) is 9.34. The molecule has 0 amide bonds. The first kappa shape index (κ1) is 26.0. The Morgan fingerprint density at radius 2 is 1.79 bits per heavy atom. The zero-order valence-corrected chi connectivity index (χ0v) is 19.5. The fourth-order valence-corrected chi connectivity index (χ4v) is 5.08. The Morgan fingerprint density at radius 1 is 1.06 bits per heavy atom. The van der Waals surface area contributed by atoms with Crippen LogP contribution in [0.15, 0.2) is 11.8 Å². The summed E-state index contributed by atoms with van der Waals surface area (Å²) in [6, 6.07) is 2.17. The number of nitrogens with zero attached hydrogens (tertiary/aromatic N) is 1. The molecule has 0 aromatic carbocycles. The van der Waals surface area contributed by atoms with Crippen LogP contribution >= 0.6 is 0 Å². The number of carboxylic acid groups (broad SMARTS) is 1. The van der Waals surface area contributed by atoms with E-state index in [1.165, 1.54) is 0 Å². The first-order valence-electron chi connectivity index (χ1n) is 12.6. The van der Waals surface area contributed by atoms with Crippen LogP contribution in [0.25, 0.3) is 0 Å². The molecule has 0 radical (unpaired) electrons. The lowest BCUT2D eigenvalue weighted by Crippen LogP contribution is -2.35. The highest BCUT2D eigenvalue weighted by molar-refractivity contribution is 5.67. The number of carboxylic acids is 1. The van der Waals surface area contributed by atoms with E-state index in [9.17, 15) is 15.0 Å². The number of ether oxygens (including phenoxy) is 4. The molecule has 33 heavy (non-hydrogen) atoms. The summed E-state index contributed by atoms with van der Waals surface area (Å²) in [4.78, 5) is 11.6. The Kier molecular flexibility index (Phi) is 10.9. The third-order valence-electron chi connectivity index (χ3n) is 6.78. The molecule has 6 atom stereocenters. The van der Waals surface area contributed by atoms with Gasteiger partial charge in [-0.1, -0.05) is 6.42 Å². The fraction of sp³-hybridized carbons (Fsp3) is 0.840. The van der Waals surface area contributed by atoms with Gasteiger partial charge in [-0.25, -0.2) is 0 Å². The standard InChI is InChI=1S/C25H39NO7/c26-13-7-3-1-2-4-10-20(32-23-11-5-8-14-30-23)25-18(16-22(28)29)19(27)17-21(25)33-24-12-6-9-15-31-24/h10,18-19,21,23-25,27H,1-9,11-12,14-17H2,(H,28,29)/t18-,19-,21+,23?,24?,25-/m0/s1. The van der Waals surface area contributed by atoms with Gasteiger partial charge in [0.25, 0.3) is 0 Å². The SMILES string of the molecule is N#CCCCCCC=C(OC1CCCCO1)[C@@H]1[C@@H](CC(=O)O)[C@@H](O)C[C@H]1OC1CCCCO1. The second-order valence-corrected chi connectivity index (χ2v) is 9.34.